The van der Waals surface area contributed by atoms with Crippen LogP contribution < -0.4 is 31.9 Å². The molecule has 2 atom stereocenters. The SMILES string of the molecule is CNCC(CCC(=O)NC)NC(=O)c1cc(C)cc(C(=O)NC(CCC(=O)NC)C(=O)NC)c1. The molecule has 1 rings (SSSR count). The third-order valence-corrected chi connectivity index (χ3v) is 5.19. The molecule has 2 unspecified atom stereocenters. The first-order valence-corrected chi connectivity index (χ1v) is 11.2. The number of carbonyl (C=O) groups is 5. The second-order valence-electron chi connectivity index (χ2n) is 7.88. The Kier molecular flexibility index (Phi) is 12.3. The number of hydrogen-bond acceptors (Lipinski definition) is 6. The van der Waals surface area contributed by atoms with Crippen molar-refractivity contribution >= 4 is 29.5 Å². The quantitative estimate of drug-likeness (QED) is 0.219. The molecule has 0 bridgehead atoms. The van der Waals surface area contributed by atoms with Crippen molar-refractivity contribution in [3.63, 3.8) is 0 Å². The summed E-state index contributed by atoms with van der Waals surface area (Å²) in [4.78, 5) is 61.0. The highest BCUT2D eigenvalue weighted by Crippen LogP contribution is 2.12. The molecule has 34 heavy (non-hydrogen) atoms. The molecular weight excluding hydrogens is 440 g/mol. The lowest BCUT2D eigenvalue weighted by Gasteiger charge is -2.19. The van der Waals surface area contributed by atoms with Crippen molar-refractivity contribution in [3.8, 4) is 0 Å². The van der Waals surface area contributed by atoms with Crippen LogP contribution in [0.3, 0.4) is 0 Å². The van der Waals surface area contributed by atoms with E-state index in [1.807, 2.05) is 0 Å². The van der Waals surface area contributed by atoms with Gasteiger partial charge in [0.05, 0.1) is 0 Å². The Morgan fingerprint density at radius 1 is 0.735 bits per heavy atom. The van der Waals surface area contributed by atoms with Crippen LogP contribution in [0.4, 0.5) is 0 Å². The average Bonchev–Trinajstić information content (AvgIpc) is 2.83. The lowest BCUT2D eigenvalue weighted by Crippen LogP contribution is -2.46. The van der Waals surface area contributed by atoms with Crippen molar-refractivity contribution in [3.05, 3.63) is 34.9 Å². The fourth-order valence-electron chi connectivity index (χ4n) is 3.30. The van der Waals surface area contributed by atoms with Crippen molar-refractivity contribution < 1.29 is 24.0 Å². The summed E-state index contributed by atoms with van der Waals surface area (Å²) in [5, 5.41) is 16.0. The van der Waals surface area contributed by atoms with Gasteiger partial charge in [-0.15, -0.1) is 0 Å². The van der Waals surface area contributed by atoms with Gasteiger partial charge in [0.25, 0.3) is 11.8 Å². The molecule has 0 saturated carbocycles. The molecule has 0 aliphatic heterocycles. The first-order valence-electron chi connectivity index (χ1n) is 11.2. The summed E-state index contributed by atoms with van der Waals surface area (Å²) >= 11 is 0. The maximum Gasteiger partial charge on any atom is 0.251 e. The molecule has 11 heteroatoms. The maximum absolute atomic E-state index is 12.9. The third-order valence-electron chi connectivity index (χ3n) is 5.19. The molecular formula is C23H36N6O5. The lowest BCUT2D eigenvalue weighted by molar-refractivity contribution is -0.123. The maximum atomic E-state index is 12.9. The van der Waals surface area contributed by atoms with Gasteiger partial charge in [-0.2, -0.15) is 0 Å². The molecule has 0 aliphatic rings. The summed E-state index contributed by atoms with van der Waals surface area (Å²) in [6, 6.07) is 3.53. The molecule has 0 fully saturated rings. The number of benzene rings is 1. The van der Waals surface area contributed by atoms with Gasteiger partial charge in [0, 0.05) is 57.7 Å². The molecule has 6 N–H and O–H groups in total. The van der Waals surface area contributed by atoms with Crippen LogP contribution >= 0.6 is 0 Å². The van der Waals surface area contributed by atoms with E-state index in [0.29, 0.717) is 18.5 Å². The Morgan fingerprint density at radius 3 is 1.76 bits per heavy atom. The number of nitrogens with one attached hydrogen (secondary N) is 6. The van der Waals surface area contributed by atoms with Gasteiger partial charge >= 0.3 is 0 Å². The zero-order valence-corrected chi connectivity index (χ0v) is 20.5. The molecule has 5 amide bonds. The summed E-state index contributed by atoms with van der Waals surface area (Å²) < 4.78 is 0. The van der Waals surface area contributed by atoms with E-state index >= 15 is 0 Å². The van der Waals surface area contributed by atoms with Crippen LogP contribution in [0.5, 0.6) is 0 Å². The van der Waals surface area contributed by atoms with Gasteiger partial charge in [-0.25, -0.2) is 0 Å². The van der Waals surface area contributed by atoms with E-state index in [-0.39, 0.29) is 54.2 Å². The molecule has 0 heterocycles. The first-order chi connectivity index (χ1) is 16.1. The number of likely N-dealkylation sites (N-methyl/N-ethyl adjacent to an activating group) is 2. The van der Waals surface area contributed by atoms with E-state index in [0.717, 1.165) is 0 Å². The van der Waals surface area contributed by atoms with E-state index in [1.54, 1.807) is 33.2 Å². The molecule has 0 aliphatic carbocycles. The first kappa shape index (κ1) is 28.6. The predicted octanol–water partition coefficient (Wildman–Crippen LogP) is -0.790. The summed E-state index contributed by atoms with van der Waals surface area (Å²) in [6.45, 7) is 2.23. The predicted molar refractivity (Wildman–Crippen MR) is 128 cm³/mol. The van der Waals surface area contributed by atoms with Gasteiger partial charge in [0.1, 0.15) is 6.04 Å². The highest BCUT2D eigenvalue weighted by Gasteiger charge is 2.22. The number of aryl methyl sites for hydroxylation is 1. The second kappa shape index (κ2) is 14.6. The van der Waals surface area contributed by atoms with E-state index in [1.165, 1.54) is 20.2 Å². The average molecular weight is 477 g/mol. The molecule has 0 aromatic heterocycles. The Bertz CT molecular complexity index is 889. The second-order valence-corrected chi connectivity index (χ2v) is 7.88. The summed E-state index contributed by atoms with van der Waals surface area (Å²) in [5.41, 5.74) is 1.19. The minimum atomic E-state index is -0.905. The van der Waals surface area contributed by atoms with Crippen molar-refractivity contribution in [2.24, 2.45) is 0 Å². The minimum absolute atomic E-state index is 0.0687. The molecule has 1 aromatic rings. The van der Waals surface area contributed by atoms with Gasteiger partial charge in [0.15, 0.2) is 0 Å². The fourth-order valence-corrected chi connectivity index (χ4v) is 3.30. The largest absolute Gasteiger partial charge is 0.359 e. The van der Waals surface area contributed by atoms with Crippen molar-refractivity contribution in [1.29, 1.82) is 0 Å². The molecule has 0 saturated heterocycles. The van der Waals surface area contributed by atoms with E-state index in [2.05, 4.69) is 31.9 Å². The van der Waals surface area contributed by atoms with Crippen LogP contribution in [0.1, 0.15) is 52.0 Å². The van der Waals surface area contributed by atoms with Crippen LogP contribution in [-0.4, -0.2) is 76.4 Å². The number of rotatable bonds is 13. The summed E-state index contributed by atoms with van der Waals surface area (Å²) in [7, 11) is 6.25. The Morgan fingerprint density at radius 2 is 1.26 bits per heavy atom. The standard InChI is InChI=1S/C23H36N6O5/c1-14-10-15(21(32)28-17(13-24-2)6-8-19(30)25-3)12-16(11-14)22(33)29-18(23(34)27-5)7-9-20(31)26-4/h10-12,17-18,24H,6-9,13H2,1-5H3,(H,25,30)(H,26,31)(H,27,34)(H,28,32)(H,29,33). The summed E-state index contributed by atoms with van der Waals surface area (Å²) in [6.07, 6.45) is 0.909. The van der Waals surface area contributed by atoms with E-state index in [4.69, 9.17) is 0 Å². The molecule has 1 aromatic carbocycles. The normalized spacial score (nSPS) is 12.1. The van der Waals surface area contributed by atoms with Gasteiger partial charge in [0.2, 0.25) is 17.7 Å². The summed E-state index contributed by atoms with van der Waals surface area (Å²) in [5.74, 6) is -1.70. The monoisotopic (exact) mass is 476 g/mol. The highest BCUT2D eigenvalue weighted by atomic mass is 16.2. The smallest absolute Gasteiger partial charge is 0.251 e. The van der Waals surface area contributed by atoms with Crippen LogP contribution in [0, 0.1) is 6.92 Å². The number of amides is 5. The lowest BCUT2D eigenvalue weighted by atomic mass is 10.0. The molecule has 188 valence electrons. The Hall–Kier alpha value is -3.47. The van der Waals surface area contributed by atoms with E-state index < -0.39 is 17.9 Å². The Labute approximate surface area is 200 Å². The molecule has 0 spiro atoms. The van der Waals surface area contributed by atoms with Gasteiger partial charge in [-0.3, -0.25) is 24.0 Å². The minimum Gasteiger partial charge on any atom is -0.359 e. The van der Waals surface area contributed by atoms with Gasteiger partial charge < -0.3 is 31.9 Å². The van der Waals surface area contributed by atoms with Crippen LogP contribution in [0.2, 0.25) is 0 Å². The van der Waals surface area contributed by atoms with Gasteiger partial charge in [-0.05, 0) is 50.6 Å². The van der Waals surface area contributed by atoms with Crippen molar-refractivity contribution in [2.75, 3.05) is 34.7 Å². The fraction of sp³-hybridized carbons (Fsp3) is 0.522. The van der Waals surface area contributed by atoms with Crippen molar-refractivity contribution in [2.45, 2.75) is 44.7 Å². The van der Waals surface area contributed by atoms with Crippen LogP contribution in [0.15, 0.2) is 18.2 Å². The van der Waals surface area contributed by atoms with Crippen LogP contribution in [-0.2, 0) is 14.4 Å². The highest BCUT2D eigenvalue weighted by molar-refractivity contribution is 6.01. The van der Waals surface area contributed by atoms with Gasteiger partial charge in [-0.1, -0.05) is 0 Å². The molecule has 0 radical (unpaired) electrons. The van der Waals surface area contributed by atoms with E-state index in [9.17, 15) is 24.0 Å². The zero-order chi connectivity index (χ0) is 25.7. The third kappa shape index (κ3) is 9.57. The number of hydrogen-bond donors (Lipinski definition) is 6. The van der Waals surface area contributed by atoms with Crippen molar-refractivity contribution in [1.82, 2.24) is 31.9 Å². The Balaban J connectivity index is 2.98. The zero-order valence-electron chi connectivity index (χ0n) is 20.5. The molecule has 11 nitrogen and oxygen atoms in total. The topological polar surface area (TPSA) is 158 Å². The van der Waals surface area contributed by atoms with Crippen LogP contribution in [0.25, 0.3) is 0 Å². The number of carbonyl (C=O) groups excluding carboxylic acids is 5.